The zero-order valence-electron chi connectivity index (χ0n) is 16.7. The molecule has 1 aromatic heterocycles. The molecule has 3 aromatic rings. The van der Waals surface area contributed by atoms with Crippen molar-refractivity contribution in [1.29, 1.82) is 0 Å². The van der Waals surface area contributed by atoms with E-state index in [1.165, 1.54) is 16.8 Å². The average Bonchev–Trinajstić information content (AvgIpc) is 3.13. The number of aromatic nitrogens is 1. The molecule has 1 N–H and O–H groups in total. The van der Waals surface area contributed by atoms with Gasteiger partial charge in [-0.3, -0.25) is 5.01 Å². The van der Waals surface area contributed by atoms with Crippen molar-refractivity contribution in [3.05, 3.63) is 64.3 Å². The number of quaternary nitrogens is 1. The van der Waals surface area contributed by atoms with Gasteiger partial charge in [0, 0.05) is 10.9 Å². The van der Waals surface area contributed by atoms with Gasteiger partial charge in [-0.2, -0.15) is 0 Å². The number of rotatable bonds is 4. The third kappa shape index (κ3) is 3.98. The van der Waals surface area contributed by atoms with Gasteiger partial charge in [-0.05, 0) is 31.2 Å². The summed E-state index contributed by atoms with van der Waals surface area (Å²) in [6.45, 7) is 6.45. The molecule has 146 valence electrons. The van der Waals surface area contributed by atoms with Crippen LogP contribution in [0.1, 0.15) is 5.56 Å². The number of hydrogen-bond donors (Lipinski definition) is 1. The summed E-state index contributed by atoms with van der Waals surface area (Å²) in [5, 5.41) is 4.65. The van der Waals surface area contributed by atoms with Crippen molar-refractivity contribution in [2.45, 2.75) is 6.92 Å². The lowest BCUT2D eigenvalue weighted by atomic mass is 10.1. The van der Waals surface area contributed by atoms with Crippen molar-refractivity contribution in [2.75, 3.05) is 45.3 Å². The number of hydrogen-bond acceptors (Lipinski definition) is 4. The summed E-state index contributed by atoms with van der Waals surface area (Å²) < 4.78 is 7.58. The van der Waals surface area contributed by atoms with Crippen LogP contribution < -0.4 is 19.4 Å². The van der Waals surface area contributed by atoms with Crippen LogP contribution in [0.2, 0.25) is 0 Å². The van der Waals surface area contributed by atoms with E-state index in [-0.39, 0.29) is 0 Å². The highest BCUT2D eigenvalue weighted by Gasteiger charge is 2.21. The molecule has 2 heterocycles. The van der Waals surface area contributed by atoms with Crippen LogP contribution in [0.15, 0.2) is 58.9 Å². The van der Waals surface area contributed by atoms with Crippen molar-refractivity contribution in [1.82, 2.24) is 4.68 Å². The number of benzene rings is 2. The number of thiazole rings is 1. The quantitative estimate of drug-likeness (QED) is 0.735. The molecule has 0 atom stereocenters. The Morgan fingerprint density at radius 3 is 2.32 bits per heavy atom. The van der Waals surface area contributed by atoms with Crippen LogP contribution in [0.25, 0.3) is 11.3 Å². The van der Waals surface area contributed by atoms with Crippen LogP contribution in [0, 0.1) is 6.92 Å². The minimum Gasteiger partial charge on any atom is -0.497 e. The Morgan fingerprint density at radius 1 is 1.00 bits per heavy atom. The lowest BCUT2D eigenvalue weighted by molar-refractivity contribution is -0.880. The summed E-state index contributed by atoms with van der Waals surface area (Å²) in [4.78, 5) is 7.53. The fourth-order valence-electron chi connectivity index (χ4n) is 3.42. The number of ether oxygens (including phenoxy) is 1. The molecular weight excluding hydrogens is 368 g/mol. The molecule has 0 bridgehead atoms. The standard InChI is InChI=1S/C22H26N4OS/c1-17-4-6-18(7-5-17)21-16-28-22(23-19-8-10-20(27-3)11-9-19)26(21)25-14-12-24(2)13-15-25/h4-11,16H,12-15H2,1-3H3/p+1. The highest BCUT2D eigenvalue weighted by Crippen LogP contribution is 2.22. The molecule has 0 unspecified atom stereocenters. The van der Waals surface area contributed by atoms with Crippen LogP contribution in [-0.4, -0.2) is 45.0 Å². The van der Waals surface area contributed by atoms with Crippen molar-refractivity contribution in [2.24, 2.45) is 4.99 Å². The van der Waals surface area contributed by atoms with Gasteiger partial charge >= 0.3 is 0 Å². The second-order valence-electron chi connectivity index (χ2n) is 7.30. The van der Waals surface area contributed by atoms with Crippen LogP contribution in [0.3, 0.4) is 0 Å². The van der Waals surface area contributed by atoms with Gasteiger partial charge in [-0.1, -0.05) is 29.8 Å². The topological polar surface area (TPSA) is 34.2 Å². The Bertz CT molecular complexity index is 981. The SMILES string of the molecule is COc1ccc(N=c2scc(-c3ccc(C)cc3)n2N2CC[NH+](C)CC2)cc1. The Balaban J connectivity index is 1.79. The fraction of sp³-hybridized carbons (Fsp3) is 0.318. The molecule has 0 radical (unpaired) electrons. The van der Waals surface area contributed by atoms with Gasteiger partial charge in [-0.15, -0.1) is 11.3 Å². The maximum atomic E-state index is 5.27. The molecule has 1 fully saturated rings. The maximum absolute atomic E-state index is 5.27. The maximum Gasteiger partial charge on any atom is 0.209 e. The smallest absolute Gasteiger partial charge is 0.209 e. The van der Waals surface area contributed by atoms with Gasteiger partial charge < -0.3 is 9.64 Å². The molecule has 0 amide bonds. The first-order chi connectivity index (χ1) is 13.6. The van der Waals surface area contributed by atoms with E-state index < -0.39 is 0 Å². The van der Waals surface area contributed by atoms with E-state index in [0.717, 1.165) is 42.4 Å². The predicted molar refractivity (Wildman–Crippen MR) is 115 cm³/mol. The molecule has 1 aliphatic rings. The molecule has 0 saturated carbocycles. The third-order valence-electron chi connectivity index (χ3n) is 5.21. The number of piperazine rings is 1. The van der Waals surface area contributed by atoms with Crippen LogP contribution in [-0.2, 0) is 0 Å². The molecule has 4 rings (SSSR count). The average molecular weight is 396 g/mol. The third-order valence-corrected chi connectivity index (χ3v) is 6.02. The number of aryl methyl sites for hydroxylation is 1. The molecule has 2 aromatic carbocycles. The van der Waals surface area contributed by atoms with Crippen LogP contribution in [0.4, 0.5) is 5.69 Å². The lowest BCUT2D eigenvalue weighted by Crippen LogP contribution is -3.12. The first-order valence-corrected chi connectivity index (χ1v) is 10.5. The van der Waals surface area contributed by atoms with Crippen molar-refractivity contribution < 1.29 is 9.64 Å². The van der Waals surface area contributed by atoms with Crippen LogP contribution in [0.5, 0.6) is 5.75 Å². The number of methoxy groups -OCH3 is 1. The van der Waals surface area contributed by atoms with Gasteiger partial charge in [0.15, 0.2) is 0 Å². The first-order valence-electron chi connectivity index (χ1n) is 9.67. The Hall–Kier alpha value is -2.57. The van der Waals surface area contributed by atoms with Crippen molar-refractivity contribution in [3.8, 4) is 17.0 Å². The summed E-state index contributed by atoms with van der Waals surface area (Å²) in [5.41, 5.74) is 4.64. The second kappa shape index (κ2) is 8.20. The van der Waals surface area contributed by atoms with E-state index >= 15 is 0 Å². The molecular formula is C22H27N4OS+. The van der Waals surface area contributed by atoms with Gasteiger partial charge in [0.2, 0.25) is 4.80 Å². The number of nitrogens with one attached hydrogen (secondary N) is 1. The summed E-state index contributed by atoms with van der Waals surface area (Å²) >= 11 is 1.69. The van der Waals surface area contributed by atoms with E-state index in [1.807, 2.05) is 24.3 Å². The predicted octanol–water partition coefficient (Wildman–Crippen LogP) is 2.23. The second-order valence-corrected chi connectivity index (χ2v) is 8.14. The highest BCUT2D eigenvalue weighted by molar-refractivity contribution is 7.07. The largest absolute Gasteiger partial charge is 0.497 e. The Kier molecular flexibility index (Phi) is 5.50. The minimum absolute atomic E-state index is 0.848. The van der Waals surface area contributed by atoms with Crippen molar-refractivity contribution >= 4 is 17.0 Å². The molecule has 5 nitrogen and oxygen atoms in total. The van der Waals surface area contributed by atoms with E-state index in [4.69, 9.17) is 9.73 Å². The summed E-state index contributed by atoms with van der Waals surface area (Å²) in [6.07, 6.45) is 0. The summed E-state index contributed by atoms with van der Waals surface area (Å²) in [6, 6.07) is 16.7. The van der Waals surface area contributed by atoms with E-state index in [0.29, 0.717) is 0 Å². The van der Waals surface area contributed by atoms with Gasteiger partial charge in [0.1, 0.15) is 5.75 Å². The Labute approximate surface area is 170 Å². The molecule has 1 saturated heterocycles. The fourth-order valence-corrected chi connectivity index (χ4v) is 4.34. The molecule has 6 heteroatoms. The lowest BCUT2D eigenvalue weighted by Gasteiger charge is -2.33. The molecule has 0 aliphatic carbocycles. The van der Waals surface area contributed by atoms with E-state index in [1.54, 1.807) is 23.3 Å². The molecule has 0 spiro atoms. The molecule has 28 heavy (non-hydrogen) atoms. The van der Waals surface area contributed by atoms with Gasteiger partial charge in [0.05, 0.1) is 51.7 Å². The zero-order chi connectivity index (χ0) is 19.5. The minimum atomic E-state index is 0.848. The number of nitrogens with zero attached hydrogens (tertiary/aromatic N) is 3. The Morgan fingerprint density at radius 2 is 1.68 bits per heavy atom. The highest BCUT2D eigenvalue weighted by atomic mass is 32.1. The van der Waals surface area contributed by atoms with Gasteiger partial charge in [0.25, 0.3) is 0 Å². The van der Waals surface area contributed by atoms with Crippen molar-refractivity contribution in [3.63, 3.8) is 0 Å². The van der Waals surface area contributed by atoms with E-state index in [2.05, 4.69) is 53.3 Å². The monoisotopic (exact) mass is 395 g/mol. The first kappa shape index (κ1) is 18.8. The summed E-state index contributed by atoms with van der Waals surface area (Å²) in [5.74, 6) is 0.848. The van der Waals surface area contributed by atoms with Crippen LogP contribution >= 0.6 is 11.3 Å². The zero-order valence-corrected chi connectivity index (χ0v) is 17.5. The summed E-state index contributed by atoms with van der Waals surface area (Å²) in [7, 11) is 3.95. The normalized spacial score (nSPS) is 15.8. The number of likely N-dealkylation sites (N-methyl/N-ethyl adjacent to an activating group) is 1. The van der Waals surface area contributed by atoms with Gasteiger partial charge in [-0.25, -0.2) is 9.67 Å². The van der Waals surface area contributed by atoms with E-state index in [9.17, 15) is 0 Å². The molecule has 1 aliphatic heterocycles.